The molecule has 1 rings (SSSR count). The fraction of sp³-hybridized carbons (Fsp3) is 0.923. The van der Waals surface area contributed by atoms with Crippen molar-refractivity contribution in [1.29, 1.82) is 0 Å². The first-order chi connectivity index (χ1) is 7.75. The maximum Gasteiger partial charge on any atom is 0.222 e. The third-order valence-corrected chi connectivity index (χ3v) is 3.61. The van der Waals surface area contributed by atoms with Gasteiger partial charge in [-0.1, -0.05) is 25.7 Å². The molecule has 3 heteroatoms. The fourth-order valence-corrected chi connectivity index (χ4v) is 2.45. The van der Waals surface area contributed by atoms with Gasteiger partial charge in [0, 0.05) is 19.5 Å². The highest BCUT2D eigenvalue weighted by molar-refractivity contribution is 5.76. The Labute approximate surface area is 99.4 Å². The Balaban J connectivity index is 2.30. The molecule has 0 aromatic rings. The molecule has 1 saturated carbocycles. The first kappa shape index (κ1) is 13.5. The molecule has 1 amide bonds. The van der Waals surface area contributed by atoms with Crippen LogP contribution in [0.5, 0.6) is 0 Å². The third kappa shape index (κ3) is 4.52. The fourth-order valence-electron chi connectivity index (χ4n) is 2.45. The van der Waals surface area contributed by atoms with Gasteiger partial charge in [0.15, 0.2) is 0 Å². The number of amides is 1. The topological polar surface area (TPSA) is 46.3 Å². The van der Waals surface area contributed by atoms with Gasteiger partial charge in [0.1, 0.15) is 0 Å². The summed E-state index contributed by atoms with van der Waals surface area (Å²) in [6, 6.07) is 0.493. The number of carbonyl (C=O) groups is 1. The van der Waals surface area contributed by atoms with E-state index in [2.05, 4.69) is 0 Å². The normalized spacial score (nSPS) is 18.1. The monoisotopic (exact) mass is 226 g/mol. The van der Waals surface area contributed by atoms with Gasteiger partial charge in [-0.25, -0.2) is 0 Å². The molecule has 3 nitrogen and oxygen atoms in total. The smallest absolute Gasteiger partial charge is 0.222 e. The maximum absolute atomic E-state index is 11.9. The Morgan fingerprint density at radius 3 is 2.38 bits per heavy atom. The summed E-state index contributed by atoms with van der Waals surface area (Å²) in [6.45, 7) is 0.695. The van der Waals surface area contributed by atoms with E-state index in [0.29, 0.717) is 24.9 Å². The number of hydrogen-bond acceptors (Lipinski definition) is 2. The minimum absolute atomic E-state index is 0.306. The average molecular weight is 226 g/mol. The Kier molecular flexibility index (Phi) is 6.46. The van der Waals surface area contributed by atoms with E-state index in [1.165, 1.54) is 38.5 Å². The molecule has 0 bridgehead atoms. The van der Waals surface area contributed by atoms with Gasteiger partial charge in [0.05, 0.1) is 0 Å². The van der Waals surface area contributed by atoms with Gasteiger partial charge in [-0.15, -0.1) is 0 Å². The van der Waals surface area contributed by atoms with E-state index in [9.17, 15) is 4.79 Å². The zero-order chi connectivity index (χ0) is 11.8. The quantitative estimate of drug-likeness (QED) is 0.577. The van der Waals surface area contributed by atoms with Gasteiger partial charge in [0.2, 0.25) is 5.91 Å². The van der Waals surface area contributed by atoms with Crippen LogP contribution in [0.4, 0.5) is 0 Å². The van der Waals surface area contributed by atoms with Gasteiger partial charge < -0.3 is 10.6 Å². The molecule has 16 heavy (non-hydrogen) atoms. The number of hydrogen-bond donors (Lipinski definition) is 1. The standard InChI is InChI=1S/C13H26N2O/c1-15(13(16)10-6-7-11-14)12-8-4-2-3-5-9-12/h12H,2-11,14H2,1H3. The van der Waals surface area contributed by atoms with Crippen molar-refractivity contribution < 1.29 is 4.79 Å². The Morgan fingerprint density at radius 1 is 1.19 bits per heavy atom. The van der Waals surface area contributed by atoms with E-state index < -0.39 is 0 Å². The van der Waals surface area contributed by atoms with Gasteiger partial charge >= 0.3 is 0 Å². The summed E-state index contributed by atoms with van der Waals surface area (Å²) < 4.78 is 0. The minimum Gasteiger partial charge on any atom is -0.343 e. The molecular weight excluding hydrogens is 200 g/mol. The Hall–Kier alpha value is -0.570. The van der Waals surface area contributed by atoms with Crippen LogP contribution in [0.2, 0.25) is 0 Å². The first-order valence-corrected chi connectivity index (χ1v) is 6.71. The maximum atomic E-state index is 11.9. The molecule has 0 unspecified atom stereocenters. The second-order valence-corrected chi connectivity index (χ2v) is 4.90. The molecular formula is C13H26N2O. The summed E-state index contributed by atoms with van der Waals surface area (Å²) in [5.41, 5.74) is 5.43. The van der Waals surface area contributed by atoms with Gasteiger partial charge in [0.25, 0.3) is 0 Å². The summed E-state index contributed by atoms with van der Waals surface area (Å²) in [5, 5.41) is 0. The van der Waals surface area contributed by atoms with E-state index in [-0.39, 0.29) is 0 Å². The van der Waals surface area contributed by atoms with Crippen molar-refractivity contribution in [1.82, 2.24) is 4.90 Å². The SMILES string of the molecule is CN(C(=O)CCCCN)C1CCCCCC1. The van der Waals surface area contributed by atoms with Gasteiger partial charge in [-0.3, -0.25) is 4.79 Å². The molecule has 0 aromatic carbocycles. The molecule has 0 spiro atoms. The van der Waals surface area contributed by atoms with Crippen molar-refractivity contribution in [3.63, 3.8) is 0 Å². The predicted molar refractivity (Wildman–Crippen MR) is 67.2 cm³/mol. The lowest BCUT2D eigenvalue weighted by atomic mass is 10.1. The first-order valence-electron chi connectivity index (χ1n) is 6.71. The van der Waals surface area contributed by atoms with Crippen LogP contribution in [0.1, 0.15) is 57.8 Å². The van der Waals surface area contributed by atoms with Crippen LogP contribution in [0.15, 0.2) is 0 Å². The van der Waals surface area contributed by atoms with E-state index in [4.69, 9.17) is 5.73 Å². The van der Waals surface area contributed by atoms with Gasteiger partial charge in [-0.05, 0) is 32.2 Å². The summed E-state index contributed by atoms with van der Waals surface area (Å²) >= 11 is 0. The van der Waals surface area contributed by atoms with Gasteiger partial charge in [-0.2, -0.15) is 0 Å². The Morgan fingerprint density at radius 2 is 1.81 bits per heavy atom. The second kappa shape index (κ2) is 7.66. The van der Waals surface area contributed by atoms with Crippen LogP contribution >= 0.6 is 0 Å². The van der Waals surface area contributed by atoms with E-state index in [0.717, 1.165) is 12.8 Å². The van der Waals surface area contributed by atoms with Crippen LogP contribution < -0.4 is 5.73 Å². The highest BCUT2D eigenvalue weighted by atomic mass is 16.2. The van der Waals surface area contributed by atoms with E-state index in [1.54, 1.807) is 0 Å². The van der Waals surface area contributed by atoms with Crippen molar-refractivity contribution in [2.45, 2.75) is 63.8 Å². The molecule has 94 valence electrons. The second-order valence-electron chi connectivity index (χ2n) is 4.90. The van der Waals surface area contributed by atoms with Crippen molar-refractivity contribution in [3.05, 3.63) is 0 Å². The highest BCUT2D eigenvalue weighted by Gasteiger charge is 2.20. The van der Waals surface area contributed by atoms with Crippen LogP contribution in [0.3, 0.4) is 0 Å². The largest absolute Gasteiger partial charge is 0.343 e. The Bertz CT molecular complexity index is 198. The molecule has 1 aliphatic carbocycles. The average Bonchev–Trinajstić information content (AvgIpc) is 2.56. The van der Waals surface area contributed by atoms with Crippen LogP contribution in [0, 0.1) is 0 Å². The molecule has 1 aliphatic rings. The van der Waals surface area contributed by atoms with Crippen molar-refractivity contribution in [2.24, 2.45) is 5.73 Å². The molecule has 0 radical (unpaired) electrons. The summed E-state index contributed by atoms with van der Waals surface area (Å²) in [6.07, 6.45) is 10.2. The molecule has 2 N–H and O–H groups in total. The van der Waals surface area contributed by atoms with Crippen molar-refractivity contribution >= 4 is 5.91 Å². The highest BCUT2D eigenvalue weighted by Crippen LogP contribution is 2.21. The van der Waals surface area contributed by atoms with Crippen LogP contribution in [0.25, 0.3) is 0 Å². The predicted octanol–water partition coefficient (Wildman–Crippen LogP) is 2.30. The molecule has 1 fully saturated rings. The number of nitrogens with zero attached hydrogens (tertiary/aromatic N) is 1. The lowest BCUT2D eigenvalue weighted by Gasteiger charge is -2.27. The zero-order valence-corrected chi connectivity index (χ0v) is 10.6. The number of carbonyl (C=O) groups excluding carboxylic acids is 1. The molecule has 0 aliphatic heterocycles. The summed E-state index contributed by atoms with van der Waals surface area (Å²) in [7, 11) is 1.97. The third-order valence-electron chi connectivity index (χ3n) is 3.61. The lowest BCUT2D eigenvalue weighted by Crippen LogP contribution is -2.36. The van der Waals surface area contributed by atoms with Crippen molar-refractivity contribution in [2.75, 3.05) is 13.6 Å². The lowest BCUT2D eigenvalue weighted by molar-refractivity contribution is -0.132. The number of unbranched alkanes of at least 4 members (excludes halogenated alkanes) is 1. The molecule has 0 heterocycles. The minimum atomic E-state index is 0.306. The zero-order valence-electron chi connectivity index (χ0n) is 10.6. The summed E-state index contributed by atoms with van der Waals surface area (Å²) in [4.78, 5) is 13.9. The number of rotatable bonds is 5. The van der Waals surface area contributed by atoms with E-state index in [1.807, 2.05) is 11.9 Å². The number of nitrogens with two attached hydrogens (primary N) is 1. The molecule has 0 aromatic heterocycles. The molecule has 0 atom stereocenters. The van der Waals surface area contributed by atoms with Crippen LogP contribution in [-0.2, 0) is 4.79 Å². The molecule has 0 saturated heterocycles. The van der Waals surface area contributed by atoms with Crippen molar-refractivity contribution in [3.8, 4) is 0 Å². The van der Waals surface area contributed by atoms with Crippen LogP contribution in [-0.4, -0.2) is 30.4 Å². The van der Waals surface area contributed by atoms with E-state index >= 15 is 0 Å². The summed E-state index contributed by atoms with van der Waals surface area (Å²) in [5.74, 6) is 0.306.